The van der Waals surface area contributed by atoms with Crippen LogP contribution in [0.25, 0.3) is 0 Å². The average molecular weight is 218 g/mol. The van der Waals surface area contributed by atoms with E-state index in [0.717, 1.165) is 5.69 Å². The van der Waals surface area contributed by atoms with Gasteiger partial charge in [0.05, 0.1) is 19.6 Å². The topological polar surface area (TPSA) is 53.3 Å². The lowest BCUT2D eigenvalue weighted by atomic mass is 10.2. The van der Waals surface area contributed by atoms with Crippen LogP contribution in [0.2, 0.25) is 0 Å². The molecule has 0 aromatic heterocycles. The number of esters is 1. The molecule has 84 valence electrons. The monoisotopic (exact) mass is 218 g/mol. The van der Waals surface area contributed by atoms with Gasteiger partial charge in [-0.1, -0.05) is 18.2 Å². The van der Waals surface area contributed by atoms with Gasteiger partial charge >= 0.3 is 5.97 Å². The van der Waals surface area contributed by atoms with Crippen LogP contribution in [-0.2, 0) is 9.53 Å². The van der Waals surface area contributed by atoms with Gasteiger partial charge in [-0.05, 0) is 12.1 Å². The number of para-hydroxylation sites is 1. The molecule has 0 atom stereocenters. The SMILES string of the molecule is COC(=O)CN(CCC#N)c1ccccc1. The number of hydrogen-bond donors (Lipinski definition) is 0. The smallest absolute Gasteiger partial charge is 0.325 e. The molecule has 0 spiro atoms. The highest BCUT2D eigenvalue weighted by Gasteiger charge is 2.10. The molecule has 0 radical (unpaired) electrons. The van der Waals surface area contributed by atoms with Crippen LogP contribution in [0.15, 0.2) is 30.3 Å². The van der Waals surface area contributed by atoms with E-state index in [-0.39, 0.29) is 12.5 Å². The van der Waals surface area contributed by atoms with Crippen LogP contribution in [0.1, 0.15) is 6.42 Å². The van der Waals surface area contributed by atoms with E-state index >= 15 is 0 Å². The van der Waals surface area contributed by atoms with E-state index in [9.17, 15) is 4.79 Å². The molecule has 0 N–H and O–H groups in total. The second kappa shape index (κ2) is 6.46. The van der Waals surface area contributed by atoms with Crippen molar-refractivity contribution in [2.45, 2.75) is 6.42 Å². The maximum atomic E-state index is 11.2. The molecule has 0 unspecified atom stereocenters. The number of carbonyl (C=O) groups is 1. The number of ether oxygens (including phenoxy) is 1. The maximum Gasteiger partial charge on any atom is 0.325 e. The first-order chi connectivity index (χ1) is 7.77. The van der Waals surface area contributed by atoms with Crippen molar-refractivity contribution < 1.29 is 9.53 Å². The van der Waals surface area contributed by atoms with Crippen LogP contribution in [0.5, 0.6) is 0 Å². The molecule has 0 saturated heterocycles. The van der Waals surface area contributed by atoms with Gasteiger partial charge in [-0.2, -0.15) is 5.26 Å². The fraction of sp³-hybridized carbons (Fsp3) is 0.333. The number of hydrogen-bond acceptors (Lipinski definition) is 4. The number of carbonyl (C=O) groups excluding carboxylic acids is 1. The summed E-state index contributed by atoms with van der Waals surface area (Å²) in [7, 11) is 1.36. The highest BCUT2D eigenvalue weighted by atomic mass is 16.5. The Bertz CT molecular complexity index is 370. The lowest BCUT2D eigenvalue weighted by molar-refractivity contribution is -0.138. The van der Waals surface area contributed by atoms with E-state index in [1.165, 1.54) is 7.11 Å². The van der Waals surface area contributed by atoms with Crippen molar-refractivity contribution in [1.29, 1.82) is 5.26 Å². The summed E-state index contributed by atoms with van der Waals surface area (Å²) >= 11 is 0. The number of anilines is 1. The van der Waals surface area contributed by atoms with Crippen LogP contribution < -0.4 is 4.90 Å². The van der Waals surface area contributed by atoms with Crippen molar-refractivity contribution in [1.82, 2.24) is 0 Å². The normalized spacial score (nSPS) is 9.25. The van der Waals surface area contributed by atoms with E-state index in [0.29, 0.717) is 13.0 Å². The van der Waals surface area contributed by atoms with Gasteiger partial charge in [-0.15, -0.1) is 0 Å². The van der Waals surface area contributed by atoms with Gasteiger partial charge in [-0.3, -0.25) is 4.79 Å². The molecule has 1 rings (SSSR count). The predicted octanol–water partition coefficient (Wildman–Crippen LogP) is 1.58. The third kappa shape index (κ3) is 3.62. The van der Waals surface area contributed by atoms with E-state index < -0.39 is 0 Å². The minimum atomic E-state index is -0.304. The number of rotatable bonds is 5. The molecule has 0 amide bonds. The zero-order chi connectivity index (χ0) is 11.8. The van der Waals surface area contributed by atoms with E-state index in [1.807, 2.05) is 35.2 Å². The second-order valence-electron chi connectivity index (χ2n) is 3.24. The molecule has 0 saturated carbocycles. The Kier molecular flexibility index (Phi) is 4.87. The van der Waals surface area contributed by atoms with Crippen molar-refractivity contribution in [3.05, 3.63) is 30.3 Å². The lowest BCUT2D eigenvalue weighted by Gasteiger charge is -2.22. The molecule has 0 aliphatic carbocycles. The summed E-state index contributed by atoms with van der Waals surface area (Å²) in [5.74, 6) is -0.304. The summed E-state index contributed by atoms with van der Waals surface area (Å²) in [6.45, 7) is 0.692. The Morgan fingerprint density at radius 2 is 2.12 bits per heavy atom. The molecule has 0 aliphatic heterocycles. The summed E-state index contributed by atoms with van der Waals surface area (Å²) in [6, 6.07) is 11.6. The fourth-order valence-electron chi connectivity index (χ4n) is 1.34. The number of nitrogens with zero attached hydrogens (tertiary/aromatic N) is 2. The zero-order valence-electron chi connectivity index (χ0n) is 9.22. The summed E-state index contributed by atoms with van der Waals surface area (Å²) in [6.07, 6.45) is 0.381. The van der Waals surface area contributed by atoms with Gasteiger partial charge < -0.3 is 9.64 Å². The van der Waals surface area contributed by atoms with Gasteiger partial charge in [0.15, 0.2) is 0 Å². The Morgan fingerprint density at radius 1 is 1.44 bits per heavy atom. The molecule has 1 aromatic carbocycles. The highest BCUT2D eigenvalue weighted by molar-refractivity contribution is 5.75. The van der Waals surface area contributed by atoms with Crippen LogP contribution >= 0.6 is 0 Å². The summed E-state index contributed by atoms with van der Waals surface area (Å²) < 4.78 is 4.62. The fourth-order valence-corrected chi connectivity index (χ4v) is 1.34. The summed E-state index contributed by atoms with van der Waals surface area (Å²) in [4.78, 5) is 13.0. The number of benzene rings is 1. The minimum Gasteiger partial charge on any atom is -0.468 e. The average Bonchev–Trinajstić information content (AvgIpc) is 2.35. The Balaban J connectivity index is 2.71. The molecular weight excluding hydrogens is 204 g/mol. The molecule has 4 heteroatoms. The van der Waals surface area contributed by atoms with Crippen LogP contribution in [0, 0.1) is 11.3 Å². The Hall–Kier alpha value is -2.02. The largest absolute Gasteiger partial charge is 0.468 e. The van der Waals surface area contributed by atoms with Crippen LogP contribution in [0.4, 0.5) is 5.69 Å². The molecule has 16 heavy (non-hydrogen) atoms. The van der Waals surface area contributed by atoms with Crippen molar-refractivity contribution in [2.24, 2.45) is 0 Å². The number of nitriles is 1. The van der Waals surface area contributed by atoms with Crippen LogP contribution in [-0.4, -0.2) is 26.2 Å². The first kappa shape index (κ1) is 12.1. The van der Waals surface area contributed by atoms with Gasteiger partial charge in [0.1, 0.15) is 6.54 Å². The minimum absolute atomic E-state index is 0.169. The van der Waals surface area contributed by atoms with E-state index in [2.05, 4.69) is 10.8 Å². The molecule has 0 fully saturated rings. The molecule has 0 bridgehead atoms. The van der Waals surface area contributed by atoms with Crippen molar-refractivity contribution in [3.8, 4) is 6.07 Å². The van der Waals surface area contributed by atoms with Crippen molar-refractivity contribution in [2.75, 3.05) is 25.1 Å². The molecule has 4 nitrogen and oxygen atoms in total. The predicted molar refractivity (Wildman–Crippen MR) is 60.9 cm³/mol. The first-order valence-electron chi connectivity index (χ1n) is 5.01. The zero-order valence-corrected chi connectivity index (χ0v) is 9.22. The lowest BCUT2D eigenvalue weighted by Crippen LogP contribution is -2.31. The van der Waals surface area contributed by atoms with E-state index in [4.69, 9.17) is 5.26 Å². The van der Waals surface area contributed by atoms with Gasteiger partial charge in [0, 0.05) is 12.2 Å². The maximum absolute atomic E-state index is 11.2. The molecule has 0 heterocycles. The standard InChI is InChI=1S/C12H14N2O2/c1-16-12(15)10-14(9-5-8-13)11-6-3-2-4-7-11/h2-4,6-7H,5,9-10H2,1H3. The van der Waals surface area contributed by atoms with Crippen molar-refractivity contribution >= 4 is 11.7 Å². The quantitative estimate of drug-likeness (QED) is 0.704. The van der Waals surface area contributed by atoms with E-state index in [1.54, 1.807) is 0 Å². The summed E-state index contributed by atoms with van der Waals surface area (Å²) in [5, 5.41) is 8.56. The highest BCUT2D eigenvalue weighted by Crippen LogP contribution is 2.13. The third-order valence-electron chi connectivity index (χ3n) is 2.16. The molecule has 1 aromatic rings. The van der Waals surface area contributed by atoms with Crippen molar-refractivity contribution in [3.63, 3.8) is 0 Å². The first-order valence-corrected chi connectivity index (χ1v) is 5.01. The molecular formula is C12H14N2O2. The van der Waals surface area contributed by atoms with Gasteiger partial charge in [0.2, 0.25) is 0 Å². The Morgan fingerprint density at radius 3 is 2.69 bits per heavy atom. The van der Waals surface area contributed by atoms with Gasteiger partial charge in [-0.25, -0.2) is 0 Å². The summed E-state index contributed by atoms with van der Waals surface area (Å²) in [5.41, 5.74) is 0.920. The Labute approximate surface area is 95.0 Å². The number of methoxy groups -OCH3 is 1. The van der Waals surface area contributed by atoms with Crippen LogP contribution in [0.3, 0.4) is 0 Å². The van der Waals surface area contributed by atoms with Gasteiger partial charge in [0.25, 0.3) is 0 Å². The molecule has 0 aliphatic rings. The third-order valence-corrected chi connectivity index (χ3v) is 2.16. The second-order valence-corrected chi connectivity index (χ2v) is 3.24.